The molecule has 0 saturated heterocycles. The van der Waals surface area contributed by atoms with Gasteiger partial charge in [0.2, 0.25) is 0 Å². The Hall–Kier alpha value is -0.830. The molecule has 1 aromatic heterocycles. The third-order valence-corrected chi connectivity index (χ3v) is 5.16. The maximum absolute atomic E-state index is 4.40. The van der Waals surface area contributed by atoms with Gasteiger partial charge in [0.15, 0.2) is 0 Å². The van der Waals surface area contributed by atoms with Crippen LogP contribution in [0.15, 0.2) is 12.4 Å². The van der Waals surface area contributed by atoms with E-state index in [0.717, 1.165) is 18.4 Å². The molecule has 0 amide bonds. The molecule has 21 heavy (non-hydrogen) atoms. The van der Waals surface area contributed by atoms with Crippen LogP contribution in [0.1, 0.15) is 65.4 Å². The van der Waals surface area contributed by atoms with Crippen LogP contribution in [0.25, 0.3) is 0 Å². The summed E-state index contributed by atoms with van der Waals surface area (Å²) in [6.45, 7) is 12.8. The van der Waals surface area contributed by atoms with Crippen molar-refractivity contribution in [1.82, 2.24) is 15.1 Å². The summed E-state index contributed by atoms with van der Waals surface area (Å²) >= 11 is 0. The summed E-state index contributed by atoms with van der Waals surface area (Å²) in [7, 11) is 2.02. The van der Waals surface area contributed by atoms with Crippen molar-refractivity contribution in [3.8, 4) is 0 Å². The molecular formula is C18H33N3. The molecule has 1 N–H and O–H groups in total. The normalized spacial score (nSPS) is 27.3. The number of aromatic nitrogens is 2. The van der Waals surface area contributed by atoms with E-state index in [-0.39, 0.29) is 0 Å². The Bertz CT molecular complexity index is 442. The van der Waals surface area contributed by atoms with Gasteiger partial charge in [0.05, 0.1) is 6.20 Å². The molecule has 3 unspecified atom stereocenters. The van der Waals surface area contributed by atoms with Gasteiger partial charge in [-0.05, 0) is 54.5 Å². The van der Waals surface area contributed by atoms with E-state index in [2.05, 4.69) is 57.4 Å². The number of nitrogens with zero attached hydrogens (tertiary/aromatic N) is 2. The Labute approximate surface area is 130 Å². The number of hydrogen-bond donors (Lipinski definition) is 1. The summed E-state index contributed by atoms with van der Waals surface area (Å²) in [5.74, 6) is 2.22. The van der Waals surface area contributed by atoms with E-state index in [1.165, 1.54) is 24.8 Å². The van der Waals surface area contributed by atoms with Crippen LogP contribution in [-0.2, 0) is 7.05 Å². The van der Waals surface area contributed by atoms with Gasteiger partial charge in [0, 0.05) is 19.3 Å². The van der Waals surface area contributed by atoms with Crippen LogP contribution in [0, 0.1) is 17.3 Å². The second kappa shape index (κ2) is 6.51. The second-order valence-corrected chi connectivity index (χ2v) is 8.25. The first-order valence-corrected chi connectivity index (χ1v) is 8.49. The predicted octanol–water partition coefficient (Wildman–Crippen LogP) is 3.96. The molecule has 1 aliphatic carbocycles. The molecule has 1 aromatic rings. The van der Waals surface area contributed by atoms with Gasteiger partial charge < -0.3 is 5.32 Å². The molecule has 1 saturated carbocycles. The van der Waals surface area contributed by atoms with Gasteiger partial charge in [-0.15, -0.1) is 0 Å². The van der Waals surface area contributed by atoms with Crippen LogP contribution >= 0.6 is 0 Å². The summed E-state index contributed by atoms with van der Waals surface area (Å²) in [5, 5.41) is 8.05. The van der Waals surface area contributed by atoms with Crippen LogP contribution in [0.5, 0.6) is 0 Å². The lowest BCUT2D eigenvalue weighted by atomic mass is 9.64. The van der Waals surface area contributed by atoms with E-state index < -0.39 is 0 Å². The van der Waals surface area contributed by atoms with Gasteiger partial charge in [-0.1, -0.05) is 34.6 Å². The third kappa shape index (κ3) is 4.32. The largest absolute Gasteiger partial charge is 0.314 e. The fraction of sp³-hybridized carbons (Fsp3) is 0.833. The van der Waals surface area contributed by atoms with Crippen molar-refractivity contribution < 1.29 is 0 Å². The van der Waals surface area contributed by atoms with E-state index in [4.69, 9.17) is 0 Å². The average Bonchev–Trinajstić information content (AvgIpc) is 2.81. The topological polar surface area (TPSA) is 29.9 Å². The molecule has 1 fully saturated rings. The Morgan fingerprint density at radius 2 is 2.05 bits per heavy atom. The average molecular weight is 291 g/mol. The standard InChI is InChI=1S/C18H33N3/c1-13(2)19-10-14-7-8-16(18(3,4)5)9-17(14)15-11-20-21(6)12-15/h11-14,16-17,19H,7-10H2,1-6H3. The highest BCUT2D eigenvalue weighted by atomic mass is 15.2. The first kappa shape index (κ1) is 16.5. The summed E-state index contributed by atoms with van der Waals surface area (Å²) in [4.78, 5) is 0. The van der Waals surface area contributed by atoms with Crippen molar-refractivity contribution >= 4 is 0 Å². The molecule has 3 atom stereocenters. The van der Waals surface area contributed by atoms with Crippen LogP contribution in [0.2, 0.25) is 0 Å². The summed E-state index contributed by atoms with van der Waals surface area (Å²) < 4.78 is 1.95. The Balaban J connectivity index is 2.13. The molecule has 0 radical (unpaired) electrons. The van der Waals surface area contributed by atoms with Crippen molar-refractivity contribution in [3.63, 3.8) is 0 Å². The molecule has 1 heterocycles. The molecule has 0 aliphatic heterocycles. The van der Waals surface area contributed by atoms with Gasteiger partial charge in [-0.2, -0.15) is 5.10 Å². The molecule has 0 aromatic carbocycles. The summed E-state index contributed by atoms with van der Waals surface area (Å²) in [6, 6.07) is 0.569. The fourth-order valence-corrected chi connectivity index (χ4v) is 3.69. The van der Waals surface area contributed by atoms with Gasteiger partial charge >= 0.3 is 0 Å². The molecule has 3 heteroatoms. The zero-order valence-electron chi connectivity index (χ0n) is 14.7. The minimum absolute atomic E-state index is 0.414. The minimum Gasteiger partial charge on any atom is -0.314 e. The summed E-state index contributed by atoms with van der Waals surface area (Å²) in [5.41, 5.74) is 1.85. The lowest BCUT2D eigenvalue weighted by Gasteiger charge is -2.42. The van der Waals surface area contributed by atoms with E-state index in [9.17, 15) is 0 Å². The van der Waals surface area contributed by atoms with Crippen LogP contribution < -0.4 is 5.32 Å². The van der Waals surface area contributed by atoms with Gasteiger partial charge in [-0.3, -0.25) is 4.68 Å². The number of aryl methyl sites for hydroxylation is 1. The van der Waals surface area contributed by atoms with Gasteiger partial charge in [-0.25, -0.2) is 0 Å². The van der Waals surface area contributed by atoms with E-state index >= 15 is 0 Å². The number of rotatable bonds is 4. The number of nitrogens with one attached hydrogen (secondary N) is 1. The van der Waals surface area contributed by atoms with Crippen LogP contribution in [0.3, 0.4) is 0 Å². The molecule has 1 aliphatic rings. The Morgan fingerprint density at radius 1 is 1.33 bits per heavy atom. The molecule has 3 nitrogen and oxygen atoms in total. The highest BCUT2D eigenvalue weighted by molar-refractivity contribution is 5.15. The number of hydrogen-bond acceptors (Lipinski definition) is 2. The van der Waals surface area contributed by atoms with E-state index in [0.29, 0.717) is 17.4 Å². The maximum Gasteiger partial charge on any atom is 0.0524 e. The fourth-order valence-electron chi connectivity index (χ4n) is 3.69. The molecule has 2 rings (SSSR count). The van der Waals surface area contributed by atoms with Crippen molar-refractivity contribution in [2.75, 3.05) is 6.54 Å². The monoisotopic (exact) mass is 291 g/mol. The van der Waals surface area contributed by atoms with Crippen molar-refractivity contribution in [1.29, 1.82) is 0 Å². The lowest BCUT2D eigenvalue weighted by molar-refractivity contribution is 0.128. The zero-order chi connectivity index (χ0) is 15.6. The van der Waals surface area contributed by atoms with E-state index in [1.54, 1.807) is 0 Å². The van der Waals surface area contributed by atoms with Gasteiger partial charge in [0.25, 0.3) is 0 Å². The van der Waals surface area contributed by atoms with Crippen molar-refractivity contribution in [2.45, 2.75) is 65.8 Å². The quantitative estimate of drug-likeness (QED) is 0.910. The zero-order valence-corrected chi connectivity index (χ0v) is 14.7. The first-order valence-electron chi connectivity index (χ1n) is 8.49. The van der Waals surface area contributed by atoms with Crippen molar-refractivity contribution in [2.24, 2.45) is 24.3 Å². The minimum atomic E-state index is 0.414. The van der Waals surface area contributed by atoms with Crippen molar-refractivity contribution in [3.05, 3.63) is 18.0 Å². The SMILES string of the molecule is CC(C)NCC1CCC(C(C)(C)C)CC1c1cnn(C)c1. The van der Waals surface area contributed by atoms with Crippen LogP contribution in [-0.4, -0.2) is 22.4 Å². The molecular weight excluding hydrogens is 258 g/mol. The van der Waals surface area contributed by atoms with E-state index in [1.807, 2.05) is 11.7 Å². The Morgan fingerprint density at radius 3 is 2.57 bits per heavy atom. The molecule has 0 spiro atoms. The molecule has 0 bridgehead atoms. The highest BCUT2D eigenvalue weighted by Gasteiger charge is 2.36. The van der Waals surface area contributed by atoms with Gasteiger partial charge in [0.1, 0.15) is 0 Å². The summed E-state index contributed by atoms with van der Waals surface area (Å²) in [6.07, 6.45) is 8.31. The lowest BCUT2D eigenvalue weighted by Crippen LogP contribution is -2.37. The first-order chi connectivity index (χ1) is 9.77. The Kier molecular flexibility index (Phi) is 5.13. The third-order valence-electron chi connectivity index (χ3n) is 5.16. The smallest absolute Gasteiger partial charge is 0.0524 e. The molecule has 120 valence electrons. The maximum atomic E-state index is 4.40. The highest BCUT2D eigenvalue weighted by Crippen LogP contribution is 2.46. The predicted molar refractivity (Wildman–Crippen MR) is 89.4 cm³/mol. The van der Waals surface area contributed by atoms with Crippen LogP contribution in [0.4, 0.5) is 0 Å². The second-order valence-electron chi connectivity index (χ2n) is 8.25.